The van der Waals surface area contributed by atoms with Crippen LogP contribution in [0, 0.1) is 11.3 Å². The lowest BCUT2D eigenvalue weighted by Gasteiger charge is -2.16. The Morgan fingerprint density at radius 1 is 1.27 bits per heavy atom. The fourth-order valence-corrected chi connectivity index (χ4v) is 3.33. The lowest BCUT2D eigenvalue weighted by molar-refractivity contribution is 0.251. The summed E-state index contributed by atoms with van der Waals surface area (Å²) in [5, 5.41) is 15.1. The number of hydrogen-bond donors (Lipinski definition) is 2. The van der Waals surface area contributed by atoms with E-state index in [0.29, 0.717) is 22.8 Å². The quantitative estimate of drug-likeness (QED) is 0.742. The average molecular weight is 364 g/mol. The molecule has 1 aliphatic rings. The number of fused-ring (bicyclic) bond motifs is 3. The molecule has 0 fully saturated rings. The molecule has 4 rings (SSSR count). The van der Waals surface area contributed by atoms with Crippen molar-refractivity contribution in [2.24, 2.45) is 0 Å². The number of urea groups is 1. The standard InChI is InChI=1S/C19H14ClN5O/c20-13-3-6-15-16(7-13)17-9-22-11-25(17)18(15)10-23-19(26)24-14-4-1-12(8-21)2-5-14/h1-7,9,11,18H,10H2,(H2,23,24,26). The van der Waals surface area contributed by atoms with Crippen LogP contribution in [0.2, 0.25) is 5.02 Å². The molecular formula is C19H14ClN5O. The van der Waals surface area contributed by atoms with Crippen LogP contribution >= 0.6 is 11.6 Å². The van der Waals surface area contributed by atoms with Gasteiger partial charge in [0, 0.05) is 22.8 Å². The zero-order valence-corrected chi connectivity index (χ0v) is 14.4. The van der Waals surface area contributed by atoms with Gasteiger partial charge in [0.05, 0.1) is 35.9 Å². The van der Waals surface area contributed by atoms with Crippen molar-refractivity contribution in [3.05, 3.63) is 71.1 Å². The van der Waals surface area contributed by atoms with Crippen molar-refractivity contribution in [2.75, 3.05) is 11.9 Å². The number of aromatic nitrogens is 2. The average Bonchev–Trinajstić information content (AvgIpc) is 3.22. The number of nitrogens with zero attached hydrogens (tertiary/aromatic N) is 3. The highest BCUT2D eigenvalue weighted by Gasteiger charge is 2.28. The van der Waals surface area contributed by atoms with E-state index >= 15 is 0 Å². The van der Waals surface area contributed by atoms with Gasteiger partial charge in [-0.15, -0.1) is 0 Å². The molecule has 6 nitrogen and oxygen atoms in total. The van der Waals surface area contributed by atoms with E-state index in [1.165, 1.54) is 0 Å². The minimum absolute atomic E-state index is 0.0357. The molecule has 0 aliphatic carbocycles. The van der Waals surface area contributed by atoms with Gasteiger partial charge >= 0.3 is 6.03 Å². The Bertz CT molecular complexity index is 1020. The number of nitrogens with one attached hydrogen (secondary N) is 2. The monoisotopic (exact) mass is 363 g/mol. The van der Waals surface area contributed by atoms with Crippen LogP contribution in [0.3, 0.4) is 0 Å². The van der Waals surface area contributed by atoms with E-state index < -0.39 is 0 Å². The number of benzene rings is 2. The zero-order chi connectivity index (χ0) is 18.1. The van der Waals surface area contributed by atoms with Crippen molar-refractivity contribution >= 4 is 23.3 Å². The Labute approximate surface area is 155 Å². The van der Waals surface area contributed by atoms with Gasteiger partial charge in [0.2, 0.25) is 0 Å². The fraction of sp³-hybridized carbons (Fsp3) is 0.105. The van der Waals surface area contributed by atoms with E-state index in [4.69, 9.17) is 16.9 Å². The van der Waals surface area contributed by atoms with Crippen molar-refractivity contribution in [1.82, 2.24) is 14.9 Å². The van der Waals surface area contributed by atoms with Gasteiger partial charge in [-0.3, -0.25) is 0 Å². The Morgan fingerprint density at radius 2 is 2.08 bits per heavy atom. The van der Waals surface area contributed by atoms with Crippen LogP contribution in [-0.4, -0.2) is 22.1 Å². The normalized spacial score (nSPS) is 14.2. The topological polar surface area (TPSA) is 82.7 Å². The Hall–Kier alpha value is -3.30. The highest BCUT2D eigenvalue weighted by molar-refractivity contribution is 6.30. The van der Waals surface area contributed by atoms with E-state index in [0.717, 1.165) is 16.8 Å². The molecule has 26 heavy (non-hydrogen) atoms. The second-order valence-electron chi connectivity index (χ2n) is 5.96. The van der Waals surface area contributed by atoms with Gasteiger partial charge in [-0.25, -0.2) is 9.78 Å². The van der Waals surface area contributed by atoms with Crippen LogP contribution in [0.15, 0.2) is 55.0 Å². The van der Waals surface area contributed by atoms with E-state index in [2.05, 4.69) is 15.6 Å². The largest absolute Gasteiger partial charge is 0.335 e. The van der Waals surface area contributed by atoms with Crippen LogP contribution in [0.4, 0.5) is 10.5 Å². The summed E-state index contributed by atoms with van der Waals surface area (Å²) in [6.45, 7) is 0.417. The predicted octanol–water partition coefficient (Wildman–Crippen LogP) is 3.80. The molecule has 2 heterocycles. The molecule has 128 valence electrons. The molecule has 0 saturated carbocycles. The molecule has 0 spiro atoms. The van der Waals surface area contributed by atoms with Gasteiger partial charge in [0.15, 0.2) is 0 Å². The molecule has 0 bridgehead atoms. The zero-order valence-electron chi connectivity index (χ0n) is 13.6. The van der Waals surface area contributed by atoms with Crippen LogP contribution in [-0.2, 0) is 0 Å². The number of amides is 2. The molecule has 2 N–H and O–H groups in total. The Balaban J connectivity index is 1.46. The van der Waals surface area contributed by atoms with Crippen molar-refractivity contribution < 1.29 is 4.79 Å². The third-order valence-electron chi connectivity index (χ3n) is 4.38. The first-order chi connectivity index (χ1) is 12.7. The maximum absolute atomic E-state index is 12.2. The minimum atomic E-state index is -0.307. The number of carbonyl (C=O) groups excluding carboxylic acids is 1. The van der Waals surface area contributed by atoms with Gasteiger partial charge in [0.25, 0.3) is 0 Å². The lowest BCUT2D eigenvalue weighted by Crippen LogP contribution is -2.33. The first kappa shape index (κ1) is 16.2. The van der Waals surface area contributed by atoms with Crippen LogP contribution < -0.4 is 10.6 Å². The van der Waals surface area contributed by atoms with Gasteiger partial charge in [-0.05, 0) is 42.0 Å². The molecule has 1 atom stereocenters. The van der Waals surface area contributed by atoms with Crippen LogP contribution in [0.1, 0.15) is 17.2 Å². The first-order valence-electron chi connectivity index (χ1n) is 8.02. The summed E-state index contributed by atoms with van der Waals surface area (Å²) in [7, 11) is 0. The summed E-state index contributed by atoms with van der Waals surface area (Å²) in [4.78, 5) is 16.4. The highest BCUT2D eigenvalue weighted by Crippen LogP contribution is 2.40. The fourth-order valence-electron chi connectivity index (χ4n) is 3.15. The third-order valence-corrected chi connectivity index (χ3v) is 4.62. The van der Waals surface area contributed by atoms with E-state index in [9.17, 15) is 4.79 Å². The molecule has 1 unspecified atom stereocenters. The summed E-state index contributed by atoms with van der Waals surface area (Å²) >= 11 is 6.11. The van der Waals surface area contributed by atoms with Crippen molar-refractivity contribution in [1.29, 1.82) is 5.26 Å². The number of rotatable bonds is 3. The molecule has 0 saturated heterocycles. The van der Waals surface area contributed by atoms with E-state index in [-0.39, 0.29) is 12.1 Å². The predicted molar refractivity (Wildman–Crippen MR) is 99.0 cm³/mol. The second kappa shape index (κ2) is 6.54. The van der Waals surface area contributed by atoms with Crippen molar-refractivity contribution in [3.63, 3.8) is 0 Å². The van der Waals surface area contributed by atoms with Crippen LogP contribution in [0.5, 0.6) is 0 Å². The molecule has 0 radical (unpaired) electrons. The molecule has 7 heteroatoms. The maximum atomic E-state index is 12.2. The summed E-state index contributed by atoms with van der Waals surface area (Å²) < 4.78 is 2.03. The molecule has 1 aromatic heterocycles. The number of halogens is 1. The van der Waals surface area contributed by atoms with Gasteiger partial charge in [0.1, 0.15) is 0 Å². The van der Waals surface area contributed by atoms with Gasteiger partial charge in [-0.1, -0.05) is 17.7 Å². The SMILES string of the molecule is N#Cc1ccc(NC(=O)NCC2c3ccc(Cl)cc3-c3cncn32)cc1. The van der Waals surface area contributed by atoms with Gasteiger partial charge in [-0.2, -0.15) is 5.26 Å². The van der Waals surface area contributed by atoms with Crippen LogP contribution in [0.25, 0.3) is 11.3 Å². The van der Waals surface area contributed by atoms with E-state index in [1.54, 1.807) is 36.8 Å². The Morgan fingerprint density at radius 3 is 2.85 bits per heavy atom. The molecule has 3 aromatic rings. The van der Waals surface area contributed by atoms with Gasteiger partial charge < -0.3 is 15.2 Å². The molecule has 2 aromatic carbocycles. The van der Waals surface area contributed by atoms with Crippen molar-refractivity contribution in [2.45, 2.75) is 6.04 Å². The molecule has 1 aliphatic heterocycles. The number of hydrogen-bond acceptors (Lipinski definition) is 3. The highest BCUT2D eigenvalue weighted by atomic mass is 35.5. The first-order valence-corrected chi connectivity index (χ1v) is 8.40. The lowest BCUT2D eigenvalue weighted by atomic mass is 10.0. The summed E-state index contributed by atoms with van der Waals surface area (Å²) in [5.41, 5.74) is 4.30. The van der Waals surface area contributed by atoms with Crippen molar-refractivity contribution in [3.8, 4) is 17.3 Å². The Kier molecular flexibility index (Phi) is 4.07. The maximum Gasteiger partial charge on any atom is 0.319 e. The third kappa shape index (κ3) is 2.89. The number of anilines is 1. The minimum Gasteiger partial charge on any atom is -0.335 e. The van der Waals surface area contributed by atoms with E-state index in [1.807, 2.05) is 28.8 Å². The number of nitriles is 1. The molecular weight excluding hydrogens is 350 g/mol. The summed E-state index contributed by atoms with van der Waals surface area (Å²) in [5.74, 6) is 0. The summed E-state index contributed by atoms with van der Waals surface area (Å²) in [6.07, 6.45) is 3.56. The number of imidazole rings is 1. The molecule has 2 amide bonds. The second-order valence-corrected chi connectivity index (χ2v) is 6.39. The number of carbonyl (C=O) groups is 1. The smallest absolute Gasteiger partial charge is 0.319 e. The summed E-state index contributed by atoms with van der Waals surface area (Å²) in [6, 6.07) is 14.2.